The molecule has 47 heavy (non-hydrogen) atoms. The van der Waals surface area contributed by atoms with Gasteiger partial charge >= 0.3 is 0 Å². The van der Waals surface area contributed by atoms with Crippen molar-refractivity contribution in [2.24, 2.45) is 5.92 Å². The van der Waals surface area contributed by atoms with Crippen LogP contribution in [0.15, 0.2) is 114 Å². The number of pyridine rings is 1. The van der Waals surface area contributed by atoms with E-state index in [4.69, 9.17) is 9.40 Å². The molecule has 4 nitrogen and oxygen atoms in total. The van der Waals surface area contributed by atoms with Crippen LogP contribution in [-0.2, 0) is 26.5 Å². The third-order valence-electron chi connectivity index (χ3n) is 8.22. The summed E-state index contributed by atoms with van der Waals surface area (Å²) in [6.45, 7) is 13.5. The molecule has 0 saturated carbocycles. The number of benzene rings is 4. The second kappa shape index (κ2) is 15.1. The number of nitrogens with zero attached hydrogens (tertiary/aromatic N) is 3. The molecule has 0 aliphatic carbocycles. The van der Waals surface area contributed by atoms with E-state index in [0.29, 0.717) is 17.8 Å². The van der Waals surface area contributed by atoms with Crippen LogP contribution in [0.25, 0.3) is 50.3 Å². The fourth-order valence-corrected chi connectivity index (χ4v) is 6.05. The van der Waals surface area contributed by atoms with E-state index in [1.165, 1.54) is 22.4 Å². The topological polar surface area (TPSA) is 43.9 Å². The number of hydrogen-bond donors (Lipinski definition) is 0. The number of rotatable bonds is 7. The molecule has 5 heteroatoms. The van der Waals surface area contributed by atoms with Crippen molar-refractivity contribution in [1.29, 1.82) is 0 Å². The number of imidazole rings is 1. The molecule has 0 bridgehead atoms. The smallest absolute Gasteiger partial charge is 0.0774 e. The molecular formula is C42H41IrN3O-2. The normalized spacial score (nSPS) is 11.3. The Kier molecular flexibility index (Phi) is 10.9. The molecule has 3 heterocycles. The van der Waals surface area contributed by atoms with Gasteiger partial charge in [-0.05, 0) is 59.2 Å². The summed E-state index contributed by atoms with van der Waals surface area (Å²) in [6.07, 6.45) is 6.04. The minimum atomic E-state index is 0. The summed E-state index contributed by atoms with van der Waals surface area (Å²) in [6, 6.07) is 38.4. The molecule has 7 aromatic rings. The van der Waals surface area contributed by atoms with Crippen LogP contribution in [0.3, 0.4) is 0 Å². The Labute approximate surface area is 292 Å². The maximum absolute atomic E-state index is 5.99. The van der Waals surface area contributed by atoms with Crippen LogP contribution < -0.4 is 0 Å². The average Bonchev–Trinajstić information content (AvgIpc) is 3.66. The summed E-state index contributed by atoms with van der Waals surface area (Å²) in [5.74, 6) is 2.24. The minimum Gasteiger partial charge on any atom is -0.557 e. The molecule has 3 aromatic heterocycles. The van der Waals surface area contributed by atoms with Gasteiger partial charge in [-0.25, -0.2) is 0 Å². The predicted octanol–water partition coefficient (Wildman–Crippen LogP) is 11.2. The molecule has 0 spiro atoms. The molecule has 0 saturated heterocycles. The molecule has 0 aliphatic heterocycles. The van der Waals surface area contributed by atoms with Gasteiger partial charge in [-0.3, -0.25) is 4.98 Å². The first-order chi connectivity index (χ1) is 22.3. The van der Waals surface area contributed by atoms with Gasteiger partial charge in [-0.15, -0.1) is 42.0 Å². The Morgan fingerprint density at radius 1 is 0.766 bits per heavy atom. The summed E-state index contributed by atoms with van der Waals surface area (Å²) in [7, 11) is 0. The minimum absolute atomic E-state index is 0. The first kappa shape index (κ1) is 34.0. The van der Waals surface area contributed by atoms with E-state index in [1.807, 2.05) is 42.5 Å². The van der Waals surface area contributed by atoms with Crippen LogP contribution in [0.5, 0.6) is 0 Å². The van der Waals surface area contributed by atoms with E-state index in [0.717, 1.165) is 51.1 Å². The van der Waals surface area contributed by atoms with Gasteiger partial charge in [0.25, 0.3) is 0 Å². The molecule has 0 atom stereocenters. The van der Waals surface area contributed by atoms with Crippen molar-refractivity contribution >= 4 is 22.0 Å². The Morgan fingerprint density at radius 3 is 2.15 bits per heavy atom. The van der Waals surface area contributed by atoms with Crippen molar-refractivity contribution in [1.82, 2.24) is 14.5 Å². The summed E-state index contributed by atoms with van der Waals surface area (Å²) >= 11 is 0. The van der Waals surface area contributed by atoms with Crippen molar-refractivity contribution in [3.8, 4) is 28.3 Å². The first-order valence-electron chi connectivity index (χ1n) is 16.2. The Morgan fingerprint density at radius 2 is 1.49 bits per heavy atom. The zero-order chi connectivity index (χ0) is 32.2. The van der Waals surface area contributed by atoms with Gasteiger partial charge < -0.3 is 14.0 Å². The van der Waals surface area contributed by atoms with Crippen LogP contribution in [0.2, 0.25) is 0 Å². The van der Waals surface area contributed by atoms with Gasteiger partial charge in [-0.2, -0.15) is 0 Å². The van der Waals surface area contributed by atoms with Gasteiger partial charge in [0.1, 0.15) is 0 Å². The number of para-hydroxylation sites is 3. The van der Waals surface area contributed by atoms with Crippen molar-refractivity contribution in [3.63, 3.8) is 0 Å². The largest absolute Gasteiger partial charge is 0.557 e. The fourth-order valence-electron chi connectivity index (χ4n) is 6.05. The van der Waals surface area contributed by atoms with Crippen molar-refractivity contribution < 1.29 is 24.5 Å². The van der Waals surface area contributed by atoms with Crippen LogP contribution in [0.1, 0.15) is 70.1 Å². The summed E-state index contributed by atoms with van der Waals surface area (Å²) in [5, 5.41) is 1.05. The van der Waals surface area contributed by atoms with E-state index < -0.39 is 0 Å². The van der Waals surface area contributed by atoms with Gasteiger partial charge in [-0.1, -0.05) is 113 Å². The zero-order valence-electron chi connectivity index (χ0n) is 27.9. The maximum Gasteiger partial charge on any atom is 0.0774 e. The van der Waals surface area contributed by atoms with Gasteiger partial charge in [0, 0.05) is 43.8 Å². The first-order valence-corrected chi connectivity index (χ1v) is 16.2. The molecule has 7 rings (SSSR count). The molecular weight excluding hydrogens is 755 g/mol. The van der Waals surface area contributed by atoms with Gasteiger partial charge in [0.15, 0.2) is 0 Å². The second-order valence-corrected chi connectivity index (χ2v) is 12.9. The van der Waals surface area contributed by atoms with E-state index in [2.05, 4.69) is 124 Å². The molecule has 0 fully saturated rings. The van der Waals surface area contributed by atoms with E-state index >= 15 is 0 Å². The van der Waals surface area contributed by atoms with Crippen molar-refractivity contribution in [2.75, 3.05) is 0 Å². The Balaban J connectivity index is 0.000000280. The van der Waals surface area contributed by atoms with Crippen LogP contribution in [0, 0.1) is 18.2 Å². The molecule has 0 amide bonds. The Hall–Kier alpha value is -4.31. The van der Waals surface area contributed by atoms with E-state index in [-0.39, 0.29) is 20.1 Å². The standard InChI is InChI=1S/C31H33N2O.C11H8N.Ir/c1-19(2)16-22-14-15-25-26(18-34-29(25)17-22)31-32-27-12-7-8-13-28(27)33(31)30-23(20(3)4)10-9-11-24(30)21(5)6;1-2-6-10(7-3-1)11-8-4-5-9-12-11;/h7-15,17,19-21H,16H2,1-6H3;1-6,8-9H;/q2*-1;. The van der Waals surface area contributed by atoms with Crippen LogP contribution >= 0.6 is 0 Å². The van der Waals surface area contributed by atoms with Gasteiger partial charge in [0.2, 0.25) is 0 Å². The van der Waals surface area contributed by atoms with Gasteiger partial charge in [0.05, 0.1) is 16.9 Å². The number of fused-ring (bicyclic) bond motifs is 2. The fraction of sp³-hybridized carbons (Fsp3) is 0.238. The quantitative estimate of drug-likeness (QED) is 0.151. The molecule has 4 aromatic carbocycles. The molecule has 1 radical (unpaired) electrons. The predicted molar refractivity (Wildman–Crippen MR) is 190 cm³/mol. The number of furan rings is 1. The molecule has 0 aliphatic rings. The molecule has 0 N–H and O–H groups in total. The Bertz CT molecular complexity index is 1990. The zero-order valence-corrected chi connectivity index (χ0v) is 30.3. The molecule has 241 valence electrons. The third kappa shape index (κ3) is 7.32. The van der Waals surface area contributed by atoms with Crippen LogP contribution in [0.4, 0.5) is 0 Å². The maximum atomic E-state index is 5.99. The van der Waals surface area contributed by atoms with E-state index in [1.54, 1.807) is 6.20 Å². The summed E-state index contributed by atoms with van der Waals surface area (Å²) < 4.78 is 8.33. The SMILES string of the molecule is CC(C)Cc1ccc2c(-c3nc4ccccc4n3-c3c(C(C)C)cccc3C(C)C)[c-]oc2c1.[Ir].[c-]1ccccc1-c1ccccn1. The molecule has 0 unspecified atom stereocenters. The summed E-state index contributed by atoms with van der Waals surface area (Å²) in [4.78, 5) is 9.34. The number of aromatic nitrogens is 3. The van der Waals surface area contributed by atoms with Crippen molar-refractivity contribution in [3.05, 3.63) is 138 Å². The van der Waals surface area contributed by atoms with Crippen LogP contribution in [-0.4, -0.2) is 14.5 Å². The second-order valence-electron chi connectivity index (χ2n) is 12.9. The third-order valence-corrected chi connectivity index (χ3v) is 8.22. The number of hydrogen-bond acceptors (Lipinski definition) is 3. The van der Waals surface area contributed by atoms with E-state index in [9.17, 15) is 0 Å². The average molecular weight is 796 g/mol. The summed E-state index contributed by atoms with van der Waals surface area (Å²) in [5.41, 5.74) is 11.0. The van der Waals surface area contributed by atoms with Crippen molar-refractivity contribution in [2.45, 2.75) is 59.8 Å². The monoisotopic (exact) mass is 796 g/mol.